The largest absolute Gasteiger partial charge is 0.493 e. The second-order valence-electron chi connectivity index (χ2n) is 8.12. The van der Waals surface area contributed by atoms with Crippen molar-refractivity contribution < 1.29 is 14.3 Å². The maximum absolute atomic E-state index is 12.7. The first-order valence-corrected chi connectivity index (χ1v) is 11.0. The van der Waals surface area contributed by atoms with Gasteiger partial charge in [0.15, 0.2) is 11.5 Å². The van der Waals surface area contributed by atoms with Gasteiger partial charge in [0.05, 0.1) is 20.8 Å². The molecule has 32 heavy (non-hydrogen) atoms. The number of ether oxygens (including phenoxy) is 2. The van der Waals surface area contributed by atoms with Crippen LogP contribution < -0.4 is 14.8 Å². The minimum Gasteiger partial charge on any atom is -0.493 e. The highest BCUT2D eigenvalue weighted by atomic mass is 16.5. The zero-order valence-electron chi connectivity index (χ0n) is 18.7. The molecular weight excluding hydrogens is 400 g/mol. The molecule has 0 fully saturated rings. The van der Waals surface area contributed by atoms with E-state index in [1.807, 2.05) is 24.3 Å². The van der Waals surface area contributed by atoms with Gasteiger partial charge >= 0.3 is 0 Å². The summed E-state index contributed by atoms with van der Waals surface area (Å²) in [6, 6.07) is 25.0. The molecule has 5 nitrogen and oxygen atoms in total. The summed E-state index contributed by atoms with van der Waals surface area (Å²) in [5, 5.41) is 3.07. The summed E-state index contributed by atoms with van der Waals surface area (Å²) in [6.45, 7) is 2.61. The number of hydrogen-bond acceptors (Lipinski definition) is 4. The summed E-state index contributed by atoms with van der Waals surface area (Å²) in [6.07, 6.45) is 0.738. The first-order chi connectivity index (χ1) is 15.7. The Morgan fingerprint density at radius 2 is 1.72 bits per heavy atom. The molecule has 1 N–H and O–H groups in total. The molecule has 0 aliphatic carbocycles. The highest BCUT2D eigenvalue weighted by molar-refractivity contribution is 5.78. The molecule has 3 aromatic rings. The normalized spacial score (nSPS) is 15.6. The fraction of sp³-hybridized carbons (Fsp3) is 0.296. The molecule has 0 spiro atoms. The Balaban J connectivity index is 1.35. The number of carbonyl (C=O) groups is 1. The molecule has 1 heterocycles. The first kappa shape index (κ1) is 21.9. The molecule has 1 atom stereocenters. The molecule has 3 aromatic carbocycles. The van der Waals surface area contributed by atoms with E-state index in [1.54, 1.807) is 14.2 Å². The Hall–Kier alpha value is -3.31. The van der Waals surface area contributed by atoms with Crippen LogP contribution in [0.2, 0.25) is 0 Å². The van der Waals surface area contributed by atoms with Crippen molar-refractivity contribution in [2.75, 3.05) is 33.9 Å². The van der Waals surface area contributed by atoms with E-state index in [1.165, 1.54) is 16.7 Å². The molecule has 1 amide bonds. The van der Waals surface area contributed by atoms with Crippen LogP contribution in [-0.2, 0) is 17.8 Å². The van der Waals surface area contributed by atoms with E-state index in [4.69, 9.17) is 9.47 Å². The minimum atomic E-state index is 0.0525. The SMILES string of the molecule is COc1ccc(CCNC(=O)CN2Cc3ccccc3[C@H](c3ccccc3)C2)cc1OC. The fourth-order valence-corrected chi connectivity index (χ4v) is 4.41. The van der Waals surface area contributed by atoms with Crippen LogP contribution in [0.5, 0.6) is 11.5 Å². The van der Waals surface area contributed by atoms with E-state index in [9.17, 15) is 4.79 Å². The summed E-state index contributed by atoms with van der Waals surface area (Å²) in [5.41, 5.74) is 5.05. The monoisotopic (exact) mass is 430 g/mol. The minimum absolute atomic E-state index is 0.0525. The van der Waals surface area contributed by atoms with E-state index in [0.29, 0.717) is 24.6 Å². The van der Waals surface area contributed by atoms with E-state index in [2.05, 4.69) is 58.7 Å². The van der Waals surface area contributed by atoms with Crippen LogP contribution in [-0.4, -0.2) is 44.7 Å². The van der Waals surface area contributed by atoms with Crippen molar-refractivity contribution in [3.05, 3.63) is 95.1 Å². The van der Waals surface area contributed by atoms with E-state index in [-0.39, 0.29) is 11.8 Å². The van der Waals surface area contributed by atoms with Gasteiger partial charge < -0.3 is 14.8 Å². The zero-order valence-corrected chi connectivity index (χ0v) is 18.7. The van der Waals surface area contributed by atoms with Gasteiger partial charge in [-0.05, 0) is 40.8 Å². The Morgan fingerprint density at radius 1 is 0.969 bits per heavy atom. The average molecular weight is 431 g/mol. The third-order valence-electron chi connectivity index (χ3n) is 6.02. The molecule has 1 aliphatic heterocycles. The quantitative estimate of drug-likeness (QED) is 0.587. The van der Waals surface area contributed by atoms with Gasteiger partial charge in [-0.1, -0.05) is 60.7 Å². The lowest BCUT2D eigenvalue weighted by Gasteiger charge is -2.34. The van der Waals surface area contributed by atoms with Crippen molar-refractivity contribution in [1.29, 1.82) is 0 Å². The lowest BCUT2D eigenvalue weighted by Crippen LogP contribution is -2.42. The molecule has 166 valence electrons. The summed E-state index contributed by atoms with van der Waals surface area (Å²) >= 11 is 0. The molecule has 0 aromatic heterocycles. The molecular formula is C27H30N2O3. The number of hydrogen-bond donors (Lipinski definition) is 1. The topological polar surface area (TPSA) is 50.8 Å². The molecule has 0 saturated heterocycles. The van der Waals surface area contributed by atoms with Crippen LogP contribution >= 0.6 is 0 Å². The number of rotatable bonds is 8. The molecule has 0 saturated carbocycles. The Labute approximate surface area is 190 Å². The number of fused-ring (bicyclic) bond motifs is 1. The summed E-state index contributed by atoms with van der Waals surface area (Å²) in [4.78, 5) is 14.9. The lowest BCUT2D eigenvalue weighted by atomic mass is 9.84. The van der Waals surface area contributed by atoms with Crippen molar-refractivity contribution in [3.63, 3.8) is 0 Å². The van der Waals surface area contributed by atoms with Gasteiger partial charge in [0.25, 0.3) is 0 Å². The van der Waals surface area contributed by atoms with Crippen molar-refractivity contribution in [3.8, 4) is 11.5 Å². The molecule has 0 bridgehead atoms. The number of carbonyl (C=O) groups excluding carboxylic acids is 1. The van der Waals surface area contributed by atoms with Gasteiger partial charge in [0.2, 0.25) is 5.91 Å². The molecule has 0 radical (unpaired) electrons. The van der Waals surface area contributed by atoms with Crippen LogP contribution in [0.25, 0.3) is 0 Å². The van der Waals surface area contributed by atoms with E-state index in [0.717, 1.165) is 25.1 Å². The maximum Gasteiger partial charge on any atom is 0.234 e. The Kier molecular flexibility index (Phi) is 7.07. The Bertz CT molecular complexity index is 1050. The van der Waals surface area contributed by atoms with Gasteiger partial charge in [-0.2, -0.15) is 0 Å². The Morgan fingerprint density at radius 3 is 2.50 bits per heavy atom. The van der Waals surface area contributed by atoms with E-state index < -0.39 is 0 Å². The molecule has 1 aliphatic rings. The van der Waals surface area contributed by atoms with Crippen LogP contribution in [0.4, 0.5) is 0 Å². The standard InChI is InChI=1S/C27H30N2O3/c1-31-25-13-12-20(16-26(25)32-2)14-15-28-27(30)19-29-17-22-10-6-7-11-23(22)24(18-29)21-8-4-3-5-9-21/h3-13,16,24H,14-15,17-19H2,1-2H3,(H,28,30)/t24-/m0/s1. The van der Waals surface area contributed by atoms with Gasteiger partial charge in [0.1, 0.15) is 0 Å². The van der Waals surface area contributed by atoms with Crippen LogP contribution in [0.15, 0.2) is 72.8 Å². The predicted molar refractivity (Wildman–Crippen MR) is 126 cm³/mol. The van der Waals surface area contributed by atoms with Gasteiger partial charge in [0, 0.05) is 25.6 Å². The van der Waals surface area contributed by atoms with Crippen LogP contribution in [0.1, 0.15) is 28.2 Å². The average Bonchev–Trinajstić information content (AvgIpc) is 2.84. The molecule has 4 rings (SSSR count). The second-order valence-corrected chi connectivity index (χ2v) is 8.12. The number of nitrogens with zero attached hydrogens (tertiary/aromatic N) is 1. The van der Waals surface area contributed by atoms with Gasteiger partial charge in [-0.3, -0.25) is 9.69 Å². The first-order valence-electron chi connectivity index (χ1n) is 11.0. The van der Waals surface area contributed by atoms with E-state index >= 15 is 0 Å². The van der Waals surface area contributed by atoms with Gasteiger partial charge in [-0.15, -0.1) is 0 Å². The van der Waals surface area contributed by atoms with Crippen molar-refractivity contribution in [2.24, 2.45) is 0 Å². The number of benzene rings is 3. The lowest BCUT2D eigenvalue weighted by molar-refractivity contribution is -0.122. The van der Waals surface area contributed by atoms with Crippen molar-refractivity contribution in [1.82, 2.24) is 10.2 Å². The fourth-order valence-electron chi connectivity index (χ4n) is 4.41. The maximum atomic E-state index is 12.7. The van der Waals surface area contributed by atoms with Crippen molar-refractivity contribution >= 4 is 5.91 Å². The molecule has 5 heteroatoms. The highest BCUT2D eigenvalue weighted by Gasteiger charge is 2.27. The number of nitrogens with one attached hydrogen (secondary N) is 1. The third kappa shape index (κ3) is 5.11. The highest BCUT2D eigenvalue weighted by Crippen LogP contribution is 2.33. The van der Waals surface area contributed by atoms with Crippen molar-refractivity contribution in [2.45, 2.75) is 18.9 Å². The van der Waals surface area contributed by atoms with Crippen LogP contribution in [0.3, 0.4) is 0 Å². The van der Waals surface area contributed by atoms with Crippen LogP contribution in [0, 0.1) is 0 Å². The summed E-state index contributed by atoms with van der Waals surface area (Å²) < 4.78 is 10.6. The van der Waals surface area contributed by atoms with Gasteiger partial charge in [-0.25, -0.2) is 0 Å². The third-order valence-corrected chi connectivity index (χ3v) is 6.02. The smallest absolute Gasteiger partial charge is 0.234 e. The predicted octanol–water partition coefficient (Wildman–Crippen LogP) is 4.01. The number of methoxy groups -OCH3 is 2. The second kappa shape index (κ2) is 10.3. The summed E-state index contributed by atoms with van der Waals surface area (Å²) in [7, 11) is 3.25. The zero-order chi connectivity index (χ0) is 22.3. The number of amides is 1. The summed E-state index contributed by atoms with van der Waals surface area (Å²) in [5.74, 6) is 1.74. The molecule has 0 unspecified atom stereocenters.